The van der Waals surface area contributed by atoms with Crippen molar-refractivity contribution in [3.63, 3.8) is 0 Å². The van der Waals surface area contributed by atoms with Gasteiger partial charge in [-0.1, -0.05) is 6.07 Å². The fraction of sp³-hybridized carbons (Fsp3) is 0.438. The number of nitriles is 1. The number of rotatable bonds is 5. The van der Waals surface area contributed by atoms with Crippen LogP contribution in [0.1, 0.15) is 18.4 Å². The number of ether oxygens (including phenoxy) is 1. The molecule has 1 unspecified atom stereocenters. The van der Waals surface area contributed by atoms with Crippen molar-refractivity contribution in [2.45, 2.75) is 30.8 Å². The number of nitrogens with zero attached hydrogens (tertiary/aromatic N) is 2. The van der Waals surface area contributed by atoms with Crippen molar-refractivity contribution in [1.82, 2.24) is 5.32 Å². The number of hydrogen-bond donors (Lipinski definition) is 1. The second kappa shape index (κ2) is 6.27. The van der Waals surface area contributed by atoms with Crippen molar-refractivity contribution in [3.05, 3.63) is 29.6 Å². The molecule has 1 aliphatic heterocycles. The zero-order valence-corrected chi connectivity index (χ0v) is 13.0. The number of nitrogens with one attached hydrogen (secondary N) is 1. The van der Waals surface area contributed by atoms with E-state index >= 15 is 0 Å². The quantitative estimate of drug-likeness (QED) is 0.879. The van der Waals surface area contributed by atoms with E-state index < -0.39 is 35.8 Å². The molecule has 1 N–H and O–H groups in total. The van der Waals surface area contributed by atoms with E-state index in [4.69, 9.17) is 10.00 Å². The van der Waals surface area contributed by atoms with Gasteiger partial charge in [-0.05, 0) is 25.0 Å². The molecule has 3 rings (SSSR count). The Balaban J connectivity index is 1.68. The van der Waals surface area contributed by atoms with Crippen molar-refractivity contribution in [2.75, 3.05) is 18.0 Å². The monoisotopic (exact) mass is 353 g/mol. The summed E-state index contributed by atoms with van der Waals surface area (Å²) < 4.78 is 43.6. The van der Waals surface area contributed by atoms with Gasteiger partial charge in [0.05, 0.1) is 30.3 Å². The van der Waals surface area contributed by atoms with Crippen LogP contribution in [0.15, 0.2) is 18.2 Å². The van der Waals surface area contributed by atoms with Crippen molar-refractivity contribution >= 4 is 17.7 Å². The van der Waals surface area contributed by atoms with Crippen molar-refractivity contribution in [1.29, 1.82) is 5.26 Å². The van der Waals surface area contributed by atoms with Crippen LogP contribution >= 0.6 is 0 Å². The molecule has 25 heavy (non-hydrogen) atoms. The number of carbonyl (C=O) groups excluding carboxylic acids is 2. The summed E-state index contributed by atoms with van der Waals surface area (Å²) in [6.07, 6.45) is -3.53. The molecule has 0 bridgehead atoms. The van der Waals surface area contributed by atoms with Gasteiger partial charge in [0.25, 0.3) is 5.91 Å². The largest absolute Gasteiger partial charge is 0.442 e. The smallest absolute Gasteiger partial charge is 0.414 e. The Hall–Kier alpha value is -2.76. The first-order valence-electron chi connectivity index (χ1n) is 7.61. The average molecular weight is 353 g/mol. The van der Waals surface area contributed by atoms with E-state index in [0.29, 0.717) is 18.4 Å². The average Bonchev–Trinajstić information content (AvgIpc) is 3.28. The summed E-state index contributed by atoms with van der Waals surface area (Å²) in [5, 5.41) is 11.1. The molecule has 1 heterocycles. The molecule has 6 nitrogen and oxygen atoms in total. The molecule has 1 aromatic rings. The highest BCUT2D eigenvalue weighted by Gasteiger charge is 2.47. The molecular formula is C16H14F3N3O3. The molecule has 1 atom stereocenters. The van der Waals surface area contributed by atoms with Crippen LogP contribution in [0.4, 0.5) is 23.7 Å². The highest BCUT2D eigenvalue weighted by molar-refractivity contribution is 5.90. The normalized spacial score (nSPS) is 21.0. The van der Waals surface area contributed by atoms with Gasteiger partial charge in [-0.15, -0.1) is 0 Å². The Morgan fingerprint density at radius 2 is 2.20 bits per heavy atom. The van der Waals surface area contributed by atoms with Gasteiger partial charge in [0, 0.05) is 5.56 Å². The van der Waals surface area contributed by atoms with E-state index in [1.54, 1.807) is 0 Å². The lowest BCUT2D eigenvalue weighted by Crippen LogP contribution is -2.37. The van der Waals surface area contributed by atoms with Crippen LogP contribution in [0.2, 0.25) is 0 Å². The highest BCUT2D eigenvalue weighted by atomic mass is 19.3. The lowest BCUT2D eigenvalue weighted by Gasteiger charge is -2.15. The predicted octanol–water partition coefficient (Wildman–Crippen LogP) is 2.09. The number of alkyl halides is 2. The number of halogens is 3. The Bertz CT molecular complexity index is 759. The summed E-state index contributed by atoms with van der Waals surface area (Å²) in [4.78, 5) is 23.9. The molecule has 0 aromatic heterocycles. The van der Waals surface area contributed by atoms with E-state index in [0.717, 1.165) is 11.0 Å². The topological polar surface area (TPSA) is 82.4 Å². The molecule has 0 spiro atoms. The number of carbonyl (C=O) groups is 2. The minimum absolute atomic E-state index is 0.00939. The molecule has 1 aliphatic carbocycles. The summed E-state index contributed by atoms with van der Waals surface area (Å²) in [6, 6.07) is 6.23. The maximum Gasteiger partial charge on any atom is 0.414 e. The first-order valence-corrected chi connectivity index (χ1v) is 7.61. The molecule has 1 saturated carbocycles. The molecular weight excluding hydrogens is 339 g/mol. The van der Waals surface area contributed by atoms with Gasteiger partial charge in [0.1, 0.15) is 11.9 Å². The molecule has 0 radical (unpaired) electrons. The van der Waals surface area contributed by atoms with Crippen molar-refractivity contribution in [2.24, 2.45) is 0 Å². The molecule has 1 saturated heterocycles. The number of anilines is 1. The fourth-order valence-electron chi connectivity index (χ4n) is 2.76. The summed E-state index contributed by atoms with van der Waals surface area (Å²) >= 11 is 0. The molecule has 2 amide bonds. The van der Waals surface area contributed by atoms with Crippen LogP contribution < -0.4 is 10.2 Å². The van der Waals surface area contributed by atoms with Gasteiger partial charge in [-0.2, -0.15) is 14.0 Å². The Kier molecular flexibility index (Phi) is 4.29. The second-order valence-electron chi connectivity index (χ2n) is 6.02. The van der Waals surface area contributed by atoms with Gasteiger partial charge in [0.15, 0.2) is 0 Å². The SMILES string of the molecule is N#CC1(c2ccc(N3CC(CNC(=O)C(F)F)OC3=O)cc2F)CC1. The maximum atomic E-state index is 14.3. The lowest BCUT2D eigenvalue weighted by molar-refractivity contribution is -0.132. The fourth-order valence-corrected chi connectivity index (χ4v) is 2.76. The van der Waals surface area contributed by atoms with Crippen molar-refractivity contribution in [3.8, 4) is 6.07 Å². The van der Waals surface area contributed by atoms with E-state index in [9.17, 15) is 22.8 Å². The Morgan fingerprint density at radius 1 is 1.48 bits per heavy atom. The molecule has 2 aliphatic rings. The molecule has 9 heteroatoms. The summed E-state index contributed by atoms with van der Waals surface area (Å²) in [5.74, 6) is -2.03. The van der Waals surface area contributed by atoms with Crippen LogP contribution in [0.3, 0.4) is 0 Å². The summed E-state index contributed by atoms with van der Waals surface area (Å²) in [6.45, 7) is -0.270. The van der Waals surface area contributed by atoms with Crippen LogP contribution in [0, 0.1) is 17.1 Å². The minimum Gasteiger partial charge on any atom is -0.442 e. The Labute approximate surface area is 141 Å². The van der Waals surface area contributed by atoms with Gasteiger partial charge in [-0.25, -0.2) is 9.18 Å². The van der Waals surface area contributed by atoms with E-state index in [-0.39, 0.29) is 18.8 Å². The maximum absolute atomic E-state index is 14.3. The minimum atomic E-state index is -3.15. The molecule has 2 fully saturated rings. The first kappa shape index (κ1) is 17.1. The number of benzene rings is 1. The molecule has 132 valence electrons. The van der Waals surface area contributed by atoms with E-state index in [1.807, 2.05) is 5.32 Å². The summed E-state index contributed by atoms with van der Waals surface area (Å²) in [5.41, 5.74) is -0.245. The van der Waals surface area contributed by atoms with E-state index in [2.05, 4.69) is 6.07 Å². The Morgan fingerprint density at radius 3 is 2.76 bits per heavy atom. The van der Waals surface area contributed by atoms with Gasteiger partial charge in [0.2, 0.25) is 0 Å². The van der Waals surface area contributed by atoms with E-state index in [1.165, 1.54) is 12.1 Å². The second-order valence-corrected chi connectivity index (χ2v) is 6.02. The van der Waals surface area contributed by atoms with Gasteiger partial charge >= 0.3 is 12.5 Å². The van der Waals surface area contributed by atoms with Crippen LogP contribution in [0.25, 0.3) is 0 Å². The lowest BCUT2D eigenvalue weighted by atomic mass is 9.97. The van der Waals surface area contributed by atoms with Gasteiger partial charge < -0.3 is 10.1 Å². The third-order valence-electron chi connectivity index (χ3n) is 4.32. The highest BCUT2D eigenvalue weighted by Crippen LogP contribution is 2.48. The number of hydrogen-bond acceptors (Lipinski definition) is 4. The zero-order valence-electron chi connectivity index (χ0n) is 13.0. The zero-order chi connectivity index (χ0) is 18.2. The van der Waals surface area contributed by atoms with Crippen molar-refractivity contribution < 1.29 is 27.5 Å². The van der Waals surface area contributed by atoms with Crippen LogP contribution in [-0.2, 0) is 14.9 Å². The van der Waals surface area contributed by atoms with Crippen LogP contribution in [-0.4, -0.2) is 37.6 Å². The standard InChI is InChI=1S/C16H14F3N3O3/c17-12-5-9(1-2-11(12)16(8-20)3-4-16)22-7-10(25-15(22)24)6-21-14(23)13(18)19/h1-2,5,10,13H,3-4,6-7H2,(H,21,23). The van der Waals surface area contributed by atoms with Crippen LogP contribution in [0.5, 0.6) is 0 Å². The number of cyclic esters (lactones) is 1. The first-order chi connectivity index (χ1) is 11.9. The summed E-state index contributed by atoms with van der Waals surface area (Å²) in [7, 11) is 0. The van der Waals surface area contributed by atoms with Gasteiger partial charge in [-0.3, -0.25) is 9.69 Å². The predicted molar refractivity (Wildman–Crippen MR) is 79.6 cm³/mol. The molecule has 1 aromatic carbocycles. The number of amides is 2. The third-order valence-corrected chi connectivity index (χ3v) is 4.32. The third kappa shape index (κ3) is 3.24.